The van der Waals surface area contributed by atoms with Crippen LogP contribution in [-0.2, 0) is 11.3 Å². The van der Waals surface area contributed by atoms with Gasteiger partial charge in [0, 0.05) is 18.2 Å². The van der Waals surface area contributed by atoms with E-state index >= 15 is 0 Å². The number of rotatable bonds is 1. The van der Waals surface area contributed by atoms with Crippen molar-refractivity contribution in [2.45, 2.75) is 39.5 Å². The zero-order valence-corrected chi connectivity index (χ0v) is 9.93. The number of ether oxygens (including phenoxy) is 1. The lowest BCUT2D eigenvalue weighted by Crippen LogP contribution is -2.41. The molecular formula is C13H17NO2. The quantitative estimate of drug-likeness (QED) is 0.724. The molecule has 0 spiro atoms. The smallest absolute Gasteiger partial charge is 0.263 e. The highest BCUT2D eigenvalue weighted by atomic mass is 16.5. The van der Waals surface area contributed by atoms with Gasteiger partial charge in [0.15, 0.2) is 6.10 Å². The van der Waals surface area contributed by atoms with Crippen molar-refractivity contribution in [3.05, 3.63) is 29.8 Å². The zero-order chi connectivity index (χ0) is 11.7. The van der Waals surface area contributed by atoms with Crippen molar-refractivity contribution >= 4 is 5.91 Å². The number of hydrogen-bond acceptors (Lipinski definition) is 2. The molecule has 0 fully saturated rings. The van der Waals surface area contributed by atoms with Gasteiger partial charge in [-0.3, -0.25) is 4.79 Å². The van der Waals surface area contributed by atoms with Crippen LogP contribution in [0, 0.1) is 0 Å². The van der Waals surface area contributed by atoms with E-state index in [1.54, 1.807) is 6.92 Å². The summed E-state index contributed by atoms with van der Waals surface area (Å²) in [4.78, 5) is 13.9. The van der Waals surface area contributed by atoms with Crippen molar-refractivity contribution in [1.82, 2.24) is 4.90 Å². The van der Waals surface area contributed by atoms with Gasteiger partial charge >= 0.3 is 0 Å². The van der Waals surface area contributed by atoms with Gasteiger partial charge < -0.3 is 9.64 Å². The number of benzene rings is 1. The molecule has 2 rings (SSSR count). The molecular weight excluding hydrogens is 202 g/mol. The molecule has 0 N–H and O–H groups in total. The van der Waals surface area contributed by atoms with Crippen LogP contribution >= 0.6 is 0 Å². The van der Waals surface area contributed by atoms with E-state index in [1.807, 2.05) is 43.0 Å². The van der Waals surface area contributed by atoms with Crippen molar-refractivity contribution in [3.8, 4) is 5.75 Å². The van der Waals surface area contributed by atoms with Gasteiger partial charge in [0.25, 0.3) is 5.91 Å². The Morgan fingerprint density at radius 2 is 2.06 bits per heavy atom. The number of para-hydroxylation sites is 1. The molecule has 1 aliphatic heterocycles. The molecule has 3 nitrogen and oxygen atoms in total. The van der Waals surface area contributed by atoms with E-state index in [2.05, 4.69) is 0 Å². The second kappa shape index (κ2) is 4.16. The summed E-state index contributed by atoms with van der Waals surface area (Å²) in [5.74, 6) is 0.887. The zero-order valence-electron chi connectivity index (χ0n) is 9.93. The number of hydrogen-bond donors (Lipinski definition) is 0. The largest absolute Gasteiger partial charge is 0.481 e. The molecule has 0 bridgehead atoms. The summed E-state index contributed by atoms with van der Waals surface area (Å²) >= 11 is 0. The first-order valence-electron chi connectivity index (χ1n) is 5.64. The molecule has 86 valence electrons. The Hall–Kier alpha value is -1.51. The van der Waals surface area contributed by atoms with Gasteiger partial charge in [-0.2, -0.15) is 0 Å². The third-order valence-electron chi connectivity index (χ3n) is 2.87. The SMILES string of the molecule is CC1Oc2ccccc2CN(C(C)C)C1=O. The molecule has 0 radical (unpaired) electrons. The number of amides is 1. The summed E-state index contributed by atoms with van der Waals surface area (Å²) in [6.45, 7) is 6.49. The summed E-state index contributed by atoms with van der Waals surface area (Å²) < 4.78 is 5.66. The van der Waals surface area contributed by atoms with Crippen LogP contribution in [0.1, 0.15) is 26.3 Å². The van der Waals surface area contributed by atoms with Crippen LogP contribution < -0.4 is 4.74 Å². The standard InChI is InChI=1S/C13H17NO2/c1-9(2)14-8-11-6-4-5-7-12(11)16-10(3)13(14)15/h4-7,9-10H,8H2,1-3H3. The van der Waals surface area contributed by atoms with Gasteiger partial charge in [-0.15, -0.1) is 0 Å². The molecule has 1 atom stereocenters. The number of carbonyl (C=O) groups is 1. The first-order valence-corrected chi connectivity index (χ1v) is 5.64. The molecule has 1 aromatic rings. The lowest BCUT2D eigenvalue weighted by molar-refractivity contribution is -0.139. The third-order valence-corrected chi connectivity index (χ3v) is 2.87. The number of nitrogens with zero attached hydrogens (tertiary/aromatic N) is 1. The molecule has 1 aromatic carbocycles. The third kappa shape index (κ3) is 1.90. The molecule has 0 saturated heterocycles. The maximum Gasteiger partial charge on any atom is 0.263 e. The van der Waals surface area contributed by atoms with Crippen LogP contribution in [0.3, 0.4) is 0 Å². The Morgan fingerprint density at radius 1 is 1.38 bits per heavy atom. The minimum absolute atomic E-state index is 0.0613. The molecule has 0 saturated carbocycles. The van der Waals surface area contributed by atoms with Gasteiger partial charge in [0.05, 0.1) is 0 Å². The Morgan fingerprint density at radius 3 is 2.75 bits per heavy atom. The van der Waals surface area contributed by atoms with E-state index in [-0.39, 0.29) is 11.9 Å². The Kier molecular flexibility index (Phi) is 2.86. The topological polar surface area (TPSA) is 29.5 Å². The van der Waals surface area contributed by atoms with E-state index in [0.29, 0.717) is 6.54 Å². The van der Waals surface area contributed by atoms with Crippen LogP contribution in [0.2, 0.25) is 0 Å². The molecule has 0 aliphatic carbocycles. The summed E-state index contributed by atoms with van der Waals surface area (Å²) in [6.07, 6.45) is -0.397. The highest BCUT2D eigenvalue weighted by Gasteiger charge is 2.28. The summed E-state index contributed by atoms with van der Waals surface area (Å²) in [7, 11) is 0. The van der Waals surface area contributed by atoms with E-state index in [4.69, 9.17) is 4.74 Å². The van der Waals surface area contributed by atoms with E-state index in [9.17, 15) is 4.79 Å². The van der Waals surface area contributed by atoms with Crippen LogP contribution in [0.25, 0.3) is 0 Å². The normalized spacial score (nSPS) is 20.4. The van der Waals surface area contributed by atoms with Crippen molar-refractivity contribution < 1.29 is 9.53 Å². The van der Waals surface area contributed by atoms with Gasteiger partial charge in [-0.05, 0) is 26.8 Å². The first kappa shape index (κ1) is 11.0. The fourth-order valence-electron chi connectivity index (χ4n) is 1.92. The molecule has 1 amide bonds. The van der Waals surface area contributed by atoms with Gasteiger partial charge in [-0.1, -0.05) is 18.2 Å². The predicted molar refractivity (Wildman–Crippen MR) is 62.2 cm³/mol. The fraction of sp³-hybridized carbons (Fsp3) is 0.462. The number of carbonyl (C=O) groups excluding carboxylic acids is 1. The molecule has 1 unspecified atom stereocenters. The van der Waals surface area contributed by atoms with E-state index in [1.165, 1.54) is 0 Å². The Labute approximate surface area is 96.0 Å². The molecule has 16 heavy (non-hydrogen) atoms. The maximum absolute atomic E-state index is 12.1. The second-order valence-corrected chi connectivity index (χ2v) is 4.43. The van der Waals surface area contributed by atoms with Gasteiger partial charge in [0.1, 0.15) is 5.75 Å². The average Bonchev–Trinajstić information content (AvgIpc) is 2.37. The predicted octanol–water partition coefficient (Wildman–Crippen LogP) is 2.20. The second-order valence-electron chi connectivity index (χ2n) is 4.43. The Bertz CT molecular complexity index is 401. The van der Waals surface area contributed by atoms with Crippen LogP contribution in [0.15, 0.2) is 24.3 Å². The van der Waals surface area contributed by atoms with Crippen molar-refractivity contribution in [3.63, 3.8) is 0 Å². The fourth-order valence-corrected chi connectivity index (χ4v) is 1.92. The minimum atomic E-state index is -0.397. The van der Waals surface area contributed by atoms with Gasteiger partial charge in [-0.25, -0.2) is 0 Å². The van der Waals surface area contributed by atoms with Crippen LogP contribution in [0.4, 0.5) is 0 Å². The lowest BCUT2D eigenvalue weighted by Gasteiger charge is -2.26. The number of fused-ring (bicyclic) bond motifs is 1. The molecule has 0 aromatic heterocycles. The monoisotopic (exact) mass is 219 g/mol. The van der Waals surface area contributed by atoms with Crippen LogP contribution in [-0.4, -0.2) is 23.0 Å². The first-order chi connectivity index (χ1) is 7.59. The Balaban J connectivity index is 2.38. The molecule has 1 heterocycles. The summed E-state index contributed by atoms with van der Waals surface area (Å²) in [5.41, 5.74) is 1.08. The minimum Gasteiger partial charge on any atom is -0.481 e. The molecule has 3 heteroatoms. The highest BCUT2D eigenvalue weighted by Crippen LogP contribution is 2.26. The van der Waals surface area contributed by atoms with Gasteiger partial charge in [0.2, 0.25) is 0 Å². The van der Waals surface area contributed by atoms with Crippen molar-refractivity contribution in [2.75, 3.05) is 0 Å². The molecule has 1 aliphatic rings. The van der Waals surface area contributed by atoms with Crippen molar-refractivity contribution in [1.29, 1.82) is 0 Å². The van der Waals surface area contributed by atoms with E-state index < -0.39 is 6.10 Å². The van der Waals surface area contributed by atoms with E-state index in [0.717, 1.165) is 11.3 Å². The van der Waals surface area contributed by atoms with Crippen LogP contribution in [0.5, 0.6) is 5.75 Å². The lowest BCUT2D eigenvalue weighted by atomic mass is 10.1. The maximum atomic E-state index is 12.1. The highest BCUT2D eigenvalue weighted by molar-refractivity contribution is 5.81. The summed E-state index contributed by atoms with van der Waals surface area (Å²) in [6, 6.07) is 8.03. The average molecular weight is 219 g/mol. The summed E-state index contributed by atoms with van der Waals surface area (Å²) in [5, 5.41) is 0. The van der Waals surface area contributed by atoms with Crippen molar-refractivity contribution in [2.24, 2.45) is 0 Å².